The average molecular weight is 1930 g/mol. The summed E-state index contributed by atoms with van der Waals surface area (Å²) in [5.41, 5.74) is 33.5. The van der Waals surface area contributed by atoms with Crippen molar-refractivity contribution in [3.8, 4) is 5.69 Å². The first kappa shape index (κ1) is 104. The van der Waals surface area contributed by atoms with Crippen molar-refractivity contribution in [1.82, 2.24) is 4.57 Å². The van der Waals surface area contributed by atoms with Gasteiger partial charge in [0.25, 0.3) is 0 Å². The zero-order valence-corrected chi connectivity index (χ0v) is 89.8. The Balaban J connectivity index is 0.000000178. The Labute approximate surface area is 886 Å². The zero-order chi connectivity index (χ0) is 103. The van der Waals surface area contributed by atoms with Crippen molar-refractivity contribution in [2.75, 3.05) is 14.7 Å². The van der Waals surface area contributed by atoms with Crippen LogP contribution in [0.2, 0.25) is 23.3 Å². The Bertz CT molecular complexity index is 7350. The normalized spacial score (nSPS) is 19.5. The summed E-state index contributed by atoms with van der Waals surface area (Å²) in [6.07, 6.45) is 39.0. The SMILES string of the molecule is C1=CC2B(c3ccc(N(c4ccccc4)c4ccccc4)cc3)c3ccccc3C3(c4ccccc4B(c4ccc(-n5c6ccccc6c6ccccc65)cc4)C4C=CC=CC43)C2C=C1.CC.CC.CC.CC.CC.CC.CC.CC.CC1c2ccccc2N(c2ccc(B3c4ccccc4C4(c5ccccc5B(c5ccc(N(c6ccccc6)c6ccccc6)cc5)C5C=CC=CC54)C4C=CC=CC34)cc2)c2ccccc21. The average Bonchev–Trinajstić information content (AvgIpc) is 0.719. The minimum Gasteiger partial charge on any atom is -0.311 e. The smallest absolute Gasteiger partial charge is 0.217 e. The molecular formula is C140H144B4N4. The second kappa shape index (κ2) is 48.5. The van der Waals surface area contributed by atoms with Crippen molar-refractivity contribution in [2.45, 2.75) is 158 Å². The van der Waals surface area contributed by atoms with Gasteiger partial charge in [0.05, 0.1) is 11.0 Å². The highest BCUT2D eigenvalue weighted by Crippen LogP contribution is 2.63. The molecule has 4 aliphatic carbocycles. The molecule has 17 aromatic rings. The van der Waals surface area contributed by atoms with Crippen LogP contribution < -0.4 is 58.4 Å². The number of anilines is 9. The van der Waals surface area contributed by atoms with E-state index in [1.54, 1.807) is 0 Å². The lowest BCUT2D eigenvalue weighted by molar-refractivity contribution is 0.281. The Kier molecular flexibility index (Phi) is 34.2. The summed E-state index contributed by atoms with van der Waals surface area (Å²) in [6, 6.07) is 154. The third-order valence-electron chi connectivity index (χ3n) is 31.3. The van der Waals surface area contributed by atoms with Crippen molar-refractivity contribution < 1.29 is 0 Å². The van der Waals surface area contributed by atoms with Crippen LogP contribution in [-0.2, 0) is 10.8 Å². The molecule has 0 saturated carbocycles. The largest absolute Gasteiger partial charge is 0.311 e. The first-order chi connectivity index (χ1) is 73.5. The zero-order valence-electron chi connectivity index (χ0n) is 89.8. The quantitative estimate of drug-likeness (QED) is 0.113. The van der Waals surface area contributed by atoms with Crippen LogP contribution in [-0.4, -0.2) is 31.4 Å². The van der Waals surface area contributed by atoms with E-state index in [-0.39, 0.29) is 84.6 Å². The Hall–Kier alpha value is -15.1. The molecule has 2 spiro atoms. The van der Waals surface area contributed by atoms with E-state index in [9.17, 15) is 0 Å². The number of fused-ring (bicyclic) bond motifs is 21. The summed E-state index contributed by atoms with van der Waals surface area (Å²) >= 11 is 0. The van der Waals surface area contributed by atoms with E-state index in [1.807, 2.05) is 111 Å². The summed E-state index contributed by atoms with van der Waals surface area (Å²) in [6.45, 7) is 35.1. The van der Waals surface area contributed by atoms with Crippen molar-refractivity contribution >= 4 is 144 Å². The van der Waals surface area contributed by atoms with Crippen molar-refractivity contribution in [3.63, 3.8) is 0 Å². The monoisotopic (exact) mass is 1930 g/mol. The van der Waals surface area contributed by atoms with E-state index >= 15 is 0 Å². The number of rotatable bonds is 12. The molecule has 0 N–H and O–H groups in total. The molecule has 0 fully saturated rings. The van der Waals surface area contributed by atoms with E-state index in [2.05, 4.69) is 536 Å². The maximum Gasteiger partial charge on any atom is 0.217 e. The van der Waals surface area contributed by atoms with Gasteiger partial charge in [0, 0.05) is 84.4 Å². The number of hydrogen-bond acceptors (Lipinski definition) is 3. The second-order valence-corrected chi connectivity index (χ2v) is 37.4. The number of aromatic nitrogens is 1. The predicted molar refractivity (Wildman–Crippen MR) is 652 cm³/mol. The molecule has 0 radical (unpaired) electrons. The molecule has 10 unspecified atom stereocenters. The van der Waals surface area contributed by atoms with Crippen LogP contribution in [0.4, 0.5) is 51.2 Å². The molecule has 5 aliphatic heterocycles. The van der Waals surface area contributed by atoms with Crippen LogP contribution in [0, 0.1) is 23.7 Å². The molecule has 10 atom stereocenters. The van der Waals surface area contributed by atoms with Gasteiger partial charge >= 0.3 is 0 Å². The molecule has 0 saturated heterocycles. The molecule has 0 amide bonds. The van der Waals surface area contributed by atoms with E-state index < -0.39 is 0 Å². The van der Waals surface area contributed by atoms with Gasteiger partial charge in [-0.1, -0.05) is 550 Å². The summed E-state index contributed by atoms with van der Waals surface area (Å²) in [4.78, 5) is 7.19. The van der Waals surface area contributed by atoms with E-state index in [4.69, 9.17) is 0 Å². The van der Waals surface area contributed by atoms with Gasteiger partial charge in [0.15, 0.2) is 0 Å². The second-order valence-electron chi connectivity index (χ2n) is 37.4. The van der Waals surface area contributed by atoms with Gasteiger partial charge in [-0.15, -0.1) is 0 Å². The highest BCUT2D eigenvalue weighted by atomic mass is 15.2. The number of nitrogens with zero attached hydrogens (tertiary/aromatic N) is 4. The Morgan fingerprint density at radius 2 is 0.432 bits per heavy atom. The molecule has 0 bridgehead atoms. The lowest BCUT2D eigenvalue weighted by Crippen LogP contribution is -2.67. The Morgan fingerprint density at radius 1 is 0.209 bits per heavy atom. The molecule has 8 heteroatoms. The van der Waals surface area contributed by atoms with Crippen LogP contribution in [0.25, 0.3) is 27.5 Å². The van der Waals surface area contributed by atoms with Crippen molar-refractivity contribution in [3.05, 3.63) is 543 Å². The summed E-state index contributed by atoms with van der Waals surface area (Å²) in [7, 11) is 0. The number of hydrogen-bond donors (Lipinski definition) is 0. The molecular weight excluding hydrogens is 1780 g/mol. The molecule has 4 nitrogen and oxygen atoms in total. The maximum absolute atomic E-state index is 2.57. The highest BCUT2D eigenvalue weighted by molar-refractivity contribution is 6.90. The molecule has 9 aliphatic rings. The molecule has 736 valence electrons. The lowest BCUT2D eigenvalue weighted by Gasteiger charge is -2.59. The molecule has 148 heavy (non-hydrogen) atoms. The van der Waals surface area contributed by atoms with Gasteiger partial charge in [-0.2, -0.15) is 0 Å². The summed E-state index contributed by atoms with van der Waals surface area (Å²) in [5.74, 6) is 2.32. The minimum absolute atomic E-state index is 0.191. The van der Waals surface area contributed by atoms with E-state index in [0.717, 1.165) is 34.1 Å². The molecule has 6 heterocycles. The first-order valence-electron chi connectivity index (χ1n) is 55.4. The summed E-state index contributed by atoms with van der Waals surface area (Å²) < 4.78 is 2.43. The third kappa shape index (κ3) is 18.6. The third-order valence-corrected chi connectivity index (χ3v) is 31.3. The van der Waals surface area contributed by atoms with Crippen LogP contribution in [0.15, 0.2) is 510 Å². The van der Waals surface area contributed by atoms with Gasteiger partial charge in [-0.05, 0) is 202 Å². The van der Waals surface area contributed by atoms with Gasteiger partial charge in [0.1, 0.15) is 0 Å². The molecule has 16 aromatic carbocycles. The topological polar surface area (TPSA) is 14.7 Å². The fourth-order valence-electron chi connectivity index (χ4n) is 26.2. The maximum atomic E-state index is 2.57. The van der Waals surface area contributed by atoms with E-state index in [1.165, 1.54) is 122 Å². The van der Waals surface area contributed by atoms with E-state index in [0.29, 0.717) is 5.92 Å². The van der Waals surface area contributed by atoms with Crippen molar-refractivity contribution in [1.29, 1.82) is 0 Å². The standard InChI is InChI=1S/C63H50B2N2.C61H46B2N2.8C2H6/c1-44-51-24-8-18-34-61(51)67(62-35-19-9-25-52(44)62)50-42-38-46(39-43-50)65-59-32-16-12-28-55(59)63(56-29-13-17-33-60(56)65)53-26-10-14-30-57(53)64(58-31-15-11-27-54(58)63)45-36-40-49(41-37-45)66(47-20-4-2-5-21-47)48-22-6-3-7-23-48;1-3-19-45(20-4-1)64(46-21-5-2-6-22-46)47-39-35-43(36-40-47)62-55-29-13-9-25-51(55)61(52-26-10-14-30-56(52)62)53-27-11-15-31-57(53)63(58-32-16-12-28-54(58)61)44-37-41-48(42-38-44)65-59-33-17-7-23-49(59)50-24-8-18-34-60(50)65;8*1-2/h2-44,53,55,57,59H,1H3;1-42,51,53,55,57H;8*1-2H3. The van der Waals surface area contributed by atoms with Gasteiger partial charge in [-0.3, -0.25) is 0 Å². The number of allylic oxidation sites excluding steroid dienone is 16. The van der Waals surface area contributed by atoms with Gasteiger partial charge < -0.3 is 19.3 Å². The van der Waals surface area contributed by atoms with Crippen LogP contribution in [0.1, 0.15) is 157 Å². The van der Waals surface area contributed by atoms with Crippen molar-refractivity contribution in [2.24, 2.45) is 23.7 Å². The fourth-order valence-corrected chi connectivity index (χ4v) is 26.2. The predicted octanol–water partition coefficient (Wildman–Crippen LogP) is 33.1. The van der Waals surface area contributed by atoms with Gasteiger partial charge in [-0.25, -0.2) is 0 Å². The first-order valence-corrected chi connectivity index (χ1v) is 55.4. The number of para-hydroxylation sites is 8. The van der Waals surface area contributed by atoms with Crippen LogP contribution >= 0.6 is 0 Å². The van der Waals surface area contributed by atoms with Crippen LogP contribution in [0.3, 0.4) is 0 Å². The Morgan fingerprint density at radius 3 is 0.723 bits per heavy atom. The molecule has 26 rings (SSSR count). The van der Waals surface area contributed by atoms with Crippen LogP contribution in [0.5, 0.6) is 0 Å². The molecule has 1 aromatic heterocycles. The number of benzene rings is 16. The lowest BCUT2D eigenvalue weighted by atomic mass is 9.19. The minimum atomic E-state index is -0.284. The fraction of sp³-hybridized carbons (Fsp3) is 0.200. The van der Waals surface area contributed by atoms with Gasteiger partial charge in [0.2, 0.25) is 26.9 Å². The highest BCUT2D eigenvalue weighted by Gasteiger charge is 2.64. The summed E-state index contributed by atoms with van der Waals surface area (Å²) in [5, 5.41) is 2.57.